The van der Waals surface area contributed by atoms with E-state index < -0.39 is 0 Å². The molecule has 0 saturated heterocycles. The molecule has 3 aromatic heterocycles. The Hall–Kier alpha value is -7.43. The number of rotatable bonds is 5. The van der Waals surface area contributed by atoms with Crippen molar-refractivity contribution in [2.24, 2.45) is 0 Å². The van der Waals surface area contributed by atoms with Gasteiger partial charge in [-0.3, -0.25) is 4.98 Å². The summed E-state index contributed by atoms with van der Waals surface area (Å²) in [6.07, 6.45) is 2.01. The highest BCUT2D eigenvalue weighted by molar-refractivity contribution is 6.08. The molecule has 0 saturated carbocycles. The van der Waals surface area contributed by atoms with Gasteiger partial charge in [0, 0.05) is 27.6 Å². The molecule has 0 aliphatic rings. The third-order valence-corrected chi connectivity index (χ3v) is 10.9. The summed E-state index contributed by atoms with van der Waals surface area (Å²) in [5.74, 6) is 0.698. The molecule has 0 aliphatic heterocycles. The Balaban J connectivity index is 0.994. The highest BCUT2D eigenvalue weighted by atomic mass is 14.9. The smallest absolute Gasteiger partial charge is 0.160 e. The summed E-state index contributed by atoms with van der Waals surface area (Å²) in [5.41, 5.74) is 14.0. The van der Waals surface area contributed by atoms with Crippen LogP contribution in [0, 0.1) is 0 Å². The summed E-state index contributed by atoms with van der Waals surface area (Å²) in [5, 5.41) is 5.93. The van der Waals surface area contributed by atoms with Gasteiger partial charge in [0.25, 0.3) is 0 Å². The van der Waals surface area contributed by atoms with Crippen LogP contribution in [0.15, 0.2) is 194 Å². The average molecular weight is 701 g/mol. The first-order valence-corrected chi connectivity index (χ1v) is 18.6. The minimum absolute atomic E-state index is 0.698. The van der Waals surface area contributed by atoms with Crippen LogP contribution in [-0.2, 0) is 0 Å². The molecule has 0 fully saturated rings. The van der Waals surface area contributed by atoms with Gasteiger partial charge in [-0.25, -0.2) is 9.97 Å². The molecular weight excluding hydrogens is 669 g/mol. The monoisotopic (exact) mass is 700 g/mol. The number of benzene rings is 8. The minimum atomic E-state index is 0.698. The summed E-state index contributed by atoms with van der Waals surface area (Å²) in [6.45, 7) is 0. The van der Waals surface area contributed by atoms with E-state index in [1.54, 1.807) is 0 Å². The fourth-order valence-corrected chi connectivity index (χ4v) is 8.23. The van der Waals surface area contributed by atoms with Crippen molar-refractivity contribution in [2.75, 3.05) is 0 Å². The highest BCUT2D eigenvalue weighted by Gasteiger charge is 2.17. The Labute approximate surface area is 317 Å². The summed E-state index contributed by atoms with van der Waals surface area (Å²) >= 11 is 0. The Bertz CT molecular complexity index is 3140. The Morgan fingerprint density at radius 3 is 1.49 bits per heavy atom. The standard InChI is InChI=1S/C51H32N4/c1-3-15-39-35(11-1)13-9-18-41(39)45-31-46(42-19-10-14-36-12-2-4-16-40(36)42)54-51(53-45)38-29-25-34(26-30-38)33-23-27-37(28-24-33)50-43-17-5-7-21-47(43)55-48-22-8-6-20-44(48)52-32-49(50)55/h1-32H. The van der Waals surface area contributed by atoms with Gasteiger partial charge in [-0.05, 0) is 62.5 Å². The van der Waals surface area contributed by atoms with Crippen molar-refractivity contribution >= 4 is 49.0 Å². The van der Waals surface area contributed by atoms with E-state index in [1.165, 1.54) is 38.0 Å². The average Bonchev–Trinajstić information content (AvgIpc) is 3.61. The van der Waals surface area contributed by atoms with E-state index in [-0.39, 0.29) is 0 Å². The van der Waals surface area contributed by atoms with Crippen LogP contribution in [0.25, 0.3) is 105 Å². The van der Waals surface area contributed by atoms with Crippen molar-refractivity contribution in [3.05, 3.63) is 194 Å². The van der Waals surface area contributed by atoms with Gasteiger partial charge >= 0.3 is 0 Å². The predicted octanol–water partition coefficient (Wildman–Crippen LogP) is 13.1. The third-order valence-electron chi connectivity index (χ3n) is 10.9. The first kappa shape index (κ1) is 31.1. The maximum Gasteiger partial charge on any atom is 0.160 e. The first-order valence-electron chi connectivity index (χ1n) is 18.6. The zero-order valence-electron chi connectivity index (χ0n) is 29.8. The molecule has 0 N–H and O–H groups in total. The van der Waals surface area contributed by atoms with Gasteiger partial charge in [-0.2, -0.15) is 0 Å². The number of hydrogen-bond donors (Lipinski definition) is 0. The maximum atomic E-state index is 5.22. The van der Waals surface area contributed by atoms with Crippen molar-refractivity contribution < 1.29 is 0 Å². The Kier molecular flexibility index (Phi) is 7.14. The lowest BCUT2D eigenvalue weighted by Crippen LogP contribution is -1.97. The summed E-state index contributed by atoms with van der Waals surface area (Å²) in [6, 6.07) is 66.5. The van der Waals surface area contributed by atoms with E-state index in [0.29, 0.717) is 5.82 Å². The van der Waals surface area contributed by atoms with Gasteiger partial charge in [0.2, 0.25) is 0 Å². The molecule has 0 aliphatic carbocycles. The van der Waals surface area contributed by atoms with E-state index >= 15 is 0 Å². The largest absolute Gasteiger partial charge is 0.306 e. The molecule has 0 spiro atoms. The second kappa shape index (κ2) is 12.6. The lowest BCUT2D eigenvalue weighted by atomic mass is 9.97. The first-order chi connectivity index (χ1) is 27.3. The van der Waals surface area contributed by atoms with Crippen molar-refractivity contribution in [1.82, 2.24) is 19.4 Å². The van der Waals surface area contributed by atoms with E-state index in [4.69, 9.17) is 15.0 Å². The van der Waals surface area contributed by atoms with Crippen LogP contribution in [0.4, 0.5) is 0 Å². The second-order valence-electron chi connectivity index (χ2n) is 14.0. The number of fused-ring (bicyclic) bond motifs is 7. The van der Waals surface area contributed by atoms with E-state index in [0.717, 1.165) is 61.3 Å². The summed E-state index contributed by atoms with van der Waals surface area (Å²) in [4.78, 5) is 15.3. The van der Waals surface area contributed by atoms with Crippen LogP contribution < -0.4 is 0 Å². The molecule has 55 heavy (non-hydrogen) atoms. The van der Waals surface area contributed by atoms with Gasteiger partial charge in [0.15, 0.2) is 5.82 Å². The van der Waals surface area contributed by atoms with E-state index in [2.05, 4.69) is 186 Å². The fourth-order valence-electron chi connectivity index (χ4n) is 8.23. The van der Waals surface area contributed by atoms with Gasteiger partial charge in [0.05, 0.1) is 39.7 Å². The van der Waals surface area contributed by atoms with E-state index in [9.17, 15) is 0 Å². The fraction of sp³-hybridized carbons (Fsp3) is 0. The number of para-hydroxylation sites is 3. The summed E-state index contributed by atoms with van der Waals surface area (Å²) < 4.78 is 2.34. The van der Waals surface area contributed by atoms with Gasteiger partial charge in [-0.15, -0.1) is 0 Å². The van der Waals surface area contributed by atoms with Crippen molar-refractivity contribution in [3.8, 4) is 56.2 Å². The summed E-state index contributed by atoms with van der Waals surface area (Å²) in [7, 11) is 0. The molecular formula is C51H32N4. The van der Waals surface area contributed by atoms with Crippen LogP contribution >= 0.6 is 0 Å². The maximum absolute atomic E-state index is 5.22. The lowest BCUT2D eigenvalue weighted by Gasteiger charge is -2.13. The topological polar surface area (TPSA) is 43.1 Å². The molecule has 0 amide bonds. The molecule has 0 unspecified atom stereocenters. The van der Waals surface area contributed by atoms with Crippen LogP contribution in [0.5, 0.6) is 0 Å². The lowest BCUT2D eigenvalue weighted by molar-refractivity contribution is 1.19. The second-order valence-corrected chi connectivity index (χ2v) is 14.0. The van der Waals surface area contributed by atoms with Crippen molar-refractivity contribution in [2.45, 2.75) is 0 Å². The van der Waals surface area contributed by atoms with Crippen LogP contribution in [0.1, 0.15) is 0 Å². The molecule has 3 heterocycles. The molecule has 0 bridgehead atoms. The third kappa shape index (κ3) is 5.19. The molecule has 256 valence electrons. The SMILES string of the molecule is c1ccc2c(-c3cc(-c4cccc5ccccc45)nc(-c4ccc(-c5ccc(-c6c7ccccc7n7c6cnc6ccccc67)cc5)cc4)n3)cccc2c1. The molecule has 4 heteroatoms. The number of nitrogens with zero attached hydrogens (tertiary/aromatic N) is 4. The van der Waals surface area contributed by atoms with Crippen LogP contribution in [0.2, 0.25) is 0 Å². The number of hydrogen-bond acceptors (Lipinski definition) is 3. The molecule has 0 radical (unpaired) electrons. The number of aromatic nitrogens is 4. The Morgan fingerprint density at radius 2 is 0.855 bits per heavy atom. The van der Waals surface area contributed by atoms with Crippen LogP contribution in [-0.4, -0.2) is 19.4 Å². The Morgan fingerprint density at radius 1 is 0.364 bits per heavy atom. The minimum Gasteiger partial charge on any atom is -0.306 e. The van der Waals surface area contributed by atoms with Gasteiger partial charge in [0.1, 0.15) is 0 Å². The molecule has 11 rings (SSSR count). The normalized spacial score (nSPS) is 11.6. The highest BCUT2D eigenvalue weighted by Crippen LogP contribution is 2.39. The predicted molar refractivity (Wildman–Crippen MR) is 228 cm³/mol. The van der Waals surface area contributed by atoms with Gasteiger partial charge < -0.3 is 4.40 Å². The van der Waals surface area contributed by atoms with Crippen molar-refractivity contribution in [1.29, 1.82) is 0 Å². The molecule has 11 aromatic rings. The molecule has 4 nitrogen and oxygen atoms in total. The quantitative estimate of drug-likeness (QED) is 0.179. The van der Waals surface area contributed by atoms with Gasteiger partial charge in [-0.1, -0.05) is 164 Å². The van der Waals surface area contributed by atoms with E-state index in [1.807, 2.05) is 12.3 Å². The zero-order valence-corrected chi connectivity index (χ0v) is 29.8. The van der Waals surface area contributed by atoms with Crippen LogP contribution in [0.3, 0.4) is 0 Å². The molecule has 0 atom stereocenters. The van der Waals surface area contributed by atoms with Crippen molar-refractivity contribution in [3.63, 3.8) is 0 Å². The molecule has 8 aromatic carbocycles. The zero-order chi connectivity index (χ0) is 36.3.